The zero-order chi connectivity index (χ0) is 20.3. The van der Waals surface area contributed by atoms with Crippen LogP contribution in [-0.4, -0.2) is 28.4 Å². The molecule has 0 radical (unpaired) electrons. The monoisotopic (exact) mass is 387 g/mol. The summed E-state index contributed by atoms with van der Waals surface area (Å²) in [5.74, 6) is 0.848. The fourth-order valence-electron chi connectivity index (χ4n) is 5.18. The second-order valence-corrected chi connectivity index (χ2v) is 9.19. The number of hydrogen-bond acceptors (Lipinski definition) is 4. The van der Waals surface area contributed by atoms with Crippen LogP contribution in [0.1, 0.15) is 48.2 Å². The number of fused-ring (bicyclic) bond motifs is 4. The number of hydrogen-bond donors (Lipinski definition) is 1. The van der Waals surface area contributed by atoms with Gasteiger partial charge in [-0.05, 0) is 54.4 Å². The summed E-state index contributed by atoms with van der Waals surface area (Å²) in [6.45, 7) is 6.15. The molecule has 1 aromatic carbocycles. The number of pyridine rings is 1. The third kappa shape index (κ3) is 2.68. The number of imidazole rings is 1. The first kappa shape index (κ1) is 18.0. The molecular formula is C23H25N5O. The van der Waals surface area contributed by atoms with E-state index in [1.807, 2.05) is 18.2 Å². The first-order chi connectivity index (χ1) is 13.9. The van der Waals surface area contributed by atoms with Crippen molar-refractivity contribution in [2.75, 3.05) is 18.0 Å². The van der Waals surface area contributed by atoms with Crippen LogP contribution in [0.2, 0.25) is 0 Å². The van der Waals surface area contributed by atoms with Crippen molar-refractivity contribution in [3.8, 4) is 6.07 Å². The van der Waals surface area contributed by atoms with E-state index >= 15 is 0 Å². The predicted octanol–water partition coefficient (Wildman–Crippen LogP) is 3.45. The summed E-state index contributed by atoms with van der Waals surface area (Å²) in [6.07, 6.45) is 3.45. The number of primary amides is 1. The fourth-order valence-corrected chi connectivity index (χ4v) is 5.18. The molecule has 1 amide bonds. The fraction of sp³-hybridized carbons (Fsp3) is 0.435. The summed E-state index contributed by atoms with van der Waals surface area (Å²) in [6, 6.07) is 10.4. The molecule has 3 heterocycles. The topological polar surface area (TPSA) is 87.4 Å². The average Bonchev–Trinajstić information content (AvgIpc) is 3.21. The minimum absolute atomic E-state index is 0.0709. The van der Waals surface area contributed by atoms with Gasteiger partial charge < -0.3 is 10.6 Å². The van der Waals surface area contributed by atoms with Gasteiger partial charge >= 0.3 is 0 Å². The summed E-state index contributed by atoms with van der Waals surface area (Å²) in [4.78, 5) is 19.8. The number of nitriles is 1. The van der Waals surface area contributed by atoms with Crippen molar-refractivity contribution in [1.29, 1.82) is 5.26 Å². The number of carbonyl (C=O) groups is 1. The summed E-state index contributed by atoms with van der Waals surface area (Å²) in [5.41, 5.74) is 11.3. The second kappa shape index (κ2) is 6.21. The van der Waals surface area contributed by atoms with Gasteiger partial charge in [0, 0.05) is 19.0 Å². The molecule has 5 rings (SSSR count). The average molecular weight is 387 g/mol. The molecule has 29 heavy (non-hydrogen) atoms. The van der Waals surface area contributed by atoms with E-state index in [1.165, 1.54) is 5.56 Å². The predicted molar refractivity (Wildman–Crippen MR) is 113 cm³/mol. The highest BCUT2D eigenvalue weighted by Crippen LogP contribution is 2.45. The van der Waals surface area contributed by atoms with Crippen LogP contribution in [0.25, 0.3) is 16.7 Å². The van der Waals surface area contributed by atoms with Gasteiger partial charge in [0.15, 0.2) is 5.65 Å². The van der Waals surface area contributed by atoms with Crippen LogP contribution in [0.5, 0.6) is 0 Å². The maximum Gasteiger partial charge on any atom is 0.252 e. The maximum absolute atomic E-state index is 12.6. The van der Waals surface area contributed by atoms with Crippen LogP contribution in [0.3, 0.4) is 0 Å². The number of aromatic nitrogens is 2. The van der Waals surface area contributed by atoms with Crippen molar-refractivity contribution < 1.29 is 4.79 Å². The molecule has 0 bridgehead atoms. The van der Waals surface area contributed by atoms with Gasteiger partial charge in [-0.25, -0.2) is 4.98 Å². The van der Waals surface area contributed by atoms with Crippen molar-refractivity contribution in [3.63, 3.8) is 0 Å². The molecule has 1 aliphatic carbocycles. The Balaban J connectivity index is 1.85. The normalized spacial score (nSPS) is 18.9. The first-order valence-electron chi connectivity index (χ1n) is 10.3. The molecule has 1 fully saturated rings. The molecule has 0 atom stereocenters. The van der Waals surface area contributed by atoms with E-state index in [0.29, 0.717) is 11.2 Å². The van der Waals surface area contributed by atoms with E-state index in [-0.39, 0.29) is 11.3 Å². The van der Waals surface area contributed by atoms with Crippen molar-refractivity contribution in [3.05, 3.63) is 41.0 Å². The zero-order valence-electron chi connectivity index (χ0n) is 16.9. The molecule has 1 aliphatic heterocycles. The highest BCUT2D eigenvalue weighted by atomic mass is 16.1. The smallest absolute Gasteiger partial charge is 0.252 e. The molecule has 0 unspecified atom stereocenters. The number of amides is 1. The summed E-state index contributed by atoms with van der Waals surface area (Å²) in [5, 5.41) is 9.31. The van der Waals surface area contributed by atoms with E-state index in [9.17, 15) is 10.1 Å². The van der Waals surface area contributed by atoms with Gasteiger partial charge in [0.25, 0.3) is 5.91 Å². The maximum atomic E-state index is 12.6. The summed E-state index contributed by atoms with van der Waals surface area (Å²) in [7, 11) is 0. The van der Waals surface area contributed by atoms with Gasteiger partial charge in [-0.2, -0.15) is 5.26 Å². The van der Waals surface area contributed by atoms with Gasteiger partial charge in [0.05, 0.1) is 22.7 Å². The molecule has 0 saturated carbocycles. The lowest BCUT2D eigenvalue weighted by Gasteiger charge is -2.33. The van der Waals surface area contributed by atoms with E-state index in [0.717, 1.165) is 61.2 Å². The van der Waals surface area contributed by atoms with Gasteiger partial charge in [0.1, 0.15) is 5.82 Å². The Kier molecular flexibility index (Phi) is 3.86. The molecule has 2 N–H and O–H groups in total. The Hall–Kier alpha value is -3.07. The lowest BCUT2D eigenvalue weighted by molar-refractivity contribution is 0.100. The molecular weight excluding hydrogens is 362 g/mol. The van der Waals surface area contributed by atoms with Crippen LogP contribution >= 0.6 is 0 Å². The minimum atomic E-state index is -0.408. The number of rotatable bonds is 2. The van der Waals surface area contributed by atoms with E-state index in [4.69, 9.17) is 10.7 Å². The van der Waals surface area contributed by atoms with Crippen molar-refractivity contribution in [2.24, 2.45) is 17.1 Å². The molecule has 3 aromatic rings. The zero-order valence-corrected chi connectivity index (χ0v) is 16.9. The van der Waals surface area contributed by atoms with Crippen LogP contribution in [-0.2, 0) is 12.8 Å². The third-order valence-electron chi connectivity index (χ3n) is 6.47. The van der Waals surface area contributed by atoms with Gasteiger partial charge in [0.2, 0.25) is 0 Å². The lowest BCUT2D eigenvalue weighted by atomic mass is 9.90. The van der Waals surface area contributed by atoms with Crippen LogP contribution in [0.15, 0.2) is 24.3 Å². The molecule has 2 aromatic heterocycles. The highest BCUT2D eigenvalue weighted by molar-refractivity contribution is 6.04. The number of nitrogens with two attached hydrogens (primary N) is 1. The summed E-state index contributed by atoms with van der Waals surface area (Å²) < 4.78 is 2.14. The standard InChI is InChI=1S/C23H25N5O/c1-23(2)11-15-16(12-23)22(27-9-7-14(13-24)8-10-27)28-18-6-4-3-5-17(18)26-21(28)19(15)20(25)29/h3-6,14H,7-12H2,1-2H3,(H2,25,29). The van der Waals surface area contributed by atoms with Crippen molar-refractivity contribution in [2.45, 2.75) is 39.5 Å². The third-order valence-corrected chi connectivity index (χ3v) is 6.47. The van der Waals surface area contributed by atoms with E-state index < -0.39 is 5.91 Å². The molecule has 1 saturated heterocycles. The number of nitrogens with zero attached hydrogens (tertiary/aromatic N) is 4. The number of carbonyl (C=O) groups excluding carboxylic acids is 1. The lowest BCUT2D eigenvalue weighted by Crippen LogP contribution is -2.35. The number of para-hydroxylation sites is 2. The Morgan fingerprint density at radius 1 is 1.21 bits per heavy atom. The van der Waals surface area contributed by atoms with Gasteiger partial charge in [-0.15, -0.1) is 0 Å². The van der Waals surface area contributed by atoms with Gasteiger partial charge in [-0.1, -0.05) is 26.0 Å². The van der Waals surface area contributed by atoms with Crippen molar-refractivity contribution in [1.82, 2.24) is 9.38 Å². The van der Waals surface area contributed by atoms with Crippen LogP contribution in [0.4, 0.5) is 5.82 Å². The number of piperidine rings is 1. The first-order valence-corrected chi connectivity index (χ1v) is 10.3. The number of anilines is 1. The SMILES string of the molecule is CC1(C)Cc2c(c(N3CCC(C#N)CC3)n3c(nc4ccccc43)c2C(N)=O)C1. The molecule has 148 valence electrons. The van der Waals surface area contributed by atoms with E-state index in [1.54, 1.807) is 0 Å². The van der Waals surface area contributed by atoms with Crippen LogP contribution in [0, 0.1) is 22.7 Å². The Morgan fingerprint density at radius 3 is 2.59 bits per heavy atom. The molecule has 0 spiro atoms. The Morgan fingerprint density at radius 2 is 1.90 bits per heavy atom. The molecule has 2 aliphatic rings. The highest BCUT2D eigenvalue weighted by Gasteiger charge is 2.38. The second-order valence-electron chi connectivity index (χ2n) is 9.19. The molecule has 6 nitrogen and oxygen atoms in total. The van der Waals surface area contributed by atoms with E-state index in [2.05, 4.69) is 35.3 Å². The van der Waals surface area contributed by atoms with Crippen molar-refractivity contribution >= 4 is 28.4 Å². The largest absolute Gasteiger partial charge is 0.365 e. The molecule has 6 heteroatoms. The Labute approximate surface area is 169 Å². The number of benzene rings is 1. The van der Waals surface area contributed by atoms with Gasteiger partial charge in [-0.3, -0.25) is 9.20 Å². The minimum Gasteiger partial charge on any atom is -0.365 e. The Bertz CT molecular complexity index is 1190. The summed E-state index contributed by atoms with van der Waals surface area (Å²) >= 11 is 0. The quantitative estimate of drug-likeness (QED) is 0.729. The van der Waals surface area contributed by atoms with Crippen LogP contribution < -0.4 is 10.6 Å².